The molecule has 7 heteroatoms. The summed E-state index contributed by atoms with van der Waals surface area (Å²) in [5.41, 5.74) is 2.14. The van der Waals surface area contributed by atoms with Crippen LogP contribution in [-0.2, 0) is 11.2 Å². The van der Waals surface area contributed by atoms with Gasteiger partial charge in [-0.05, 0) is 54.8 Å². The van der Waals surface area contributed by atoms with Gasteiger partial charge < -0.3 is 9.47 Å². The van der Waals surface area contributed by atoms with Gasteiger partial charge in [0.1, 0.15) is 16.5 Å². The lowest BCUT2D eigenvalue weighted by molar-refractivity contribution is -0.122. The van der Waals surface area contributed by atoms with E-state index in [4.69, 9.17) is 9.47 Å². The van der Waals surface area contributed by atoms with Gasteiger partial charge in [0.25, 0.3) is 5.91 Å². The highest BCUT2D eigenvalue weighted by molar-refractivity contribution is 7.18. The molecule has 28 heavy (non-hydrogen) atoms. The number of ether oxygens (including phenoxy) is 2. The maximum atomic E-state index is 12.6. The Balaban J connectivity index is 1.64. The molecule has 0 saturated heterocycles. The van der Waals surface area contributed by atoms with E-state index in [9.17, 15) is 4.79 Å². The van der Waals surface area contributed by atoms with Crippen molar-refractivity contribution in [1.29, 1.82) is 0 Å². The van der Waals surface area contributed by atoms with E-state index in [0.29, 0.717) is 17.3 Å². The number of hydrogen-bond acceptors (Lipinski definition) is 6. The molecule has 1 atom stereocenters. The molecule has 0 saturated carbocycles. The van der Waals surface area contributed by atoms with Gasteiger partial charge in [0.2, 0.25) is 5.13 Å². The predicted molar refractivity (Wildman–Crippen MR) is 111 cm³/mol. The van der Waals surface area contributed by atoms with Crippen molar-refractivity contribution in [2.45, 2.75) is 32.8 Å². The van der Waals surface area contributed by atoms with Crippen LogP contribution in [0.1, 0.15) is 25.8 Å². The molecule has 6 nitrogen and oxygen atoms in total. The molecule has 1 unspecified atom stereocenters. The Labute approximate surface area is 168 Å². The third-order valence-electron chi connectivity index (χ3n) is 4.27. The van der Waals surface area contributed by atoms with Crippen molar-refractivity contribution in [3.63, 3.8) is 0 Å². The number of carbonyl (C=O) groups excluding carboxylic acids is 1. The van der Waals surface area contributed by atoms with Gasteiger partial charge in [-0.3, -0.25) is 10.1 Å². The zero-order valence-electron chi connectivity index (χ0n) is 16.1. The minimum Gasteiger partial charge on any atom is -0.497 e. The molecule has 1 heterocycles. The number of rotatable bonds is 8. The summed E-state index contributed by atoms with van der Waals surface area (Å²) in [4.78, 5) is 12.6. The smallest absolute Gasteiger partial charge is 0.267 e. The molecule has 1 aromatic heterocycles. The number of aromatic nitrogens is 2. The van der Waals surface area contributed by atoms with Crippen LogP contribution < -0.4 is 14.8 Å². The van der Waals surface area contributed by atoms with Crippen LogP contribution in [0.2, 0.25) is 0 Å². The number of aryl methyl sites for hydroxylation is 1. The molecule has 3 rings (SSSR count). The Bertz CT molecular complexity index is 907. The van der Waals surface area contributed by atoms with Crippen LogP contribution in [0, 0.1) is 0 Å². The lowest BCUT2D eigenvalue weighted by Crippen LogP contribution is -2.32. The summed E-state index contributed by atoms with van der Waals surface area (Å²) in [7, 11) is 1.62. The van der Waals surface area contributed by atoms with E-state index in [1.165, 1.54) is 16.9 Å². The zero-order chi connectivity index (χ0) is 19.9. The van der Waals surface area contributed by atoms with Crippen LogP contribution in [-0.4, -0.2) is 29.3 Å². The number of nitrogens with one attached hydrogen (secondary N) is 1. The quantitative estimate of drug-likeness (QED) is 0.603. The highest BCUT2D eigenvalue weighted by atomic mass is 32.1. The maximum Gasteiger partial charge on any atom is 0.267 e. The van der Waals surface area contributed by atoms with Gasteiger partial charge in [0.15, 0.2) is 6.10 Å². The molecule has 3 aromatic rings. The van der Waals surface area contributed by atoms with Crippen LogP contribution in [0.15, 0.2) is 48.5 Å². The lowest BCUT2D eigenvalue weighted by atomic mass is 10.2. The maximum absolute atomic E-state index is 12.6. The van der Waals surface area contributed by atoms with Crippen molar-refractivity contribution in [3.05, 3.63) is 54.1 Å². The summed E-state index contributed by atoms with van der Waals surface area (Å²) in [6.07, 6.45) is 0.914. The first-order chi connectivity index (χ1) is 13.6. The first-order valence-electron chi connectivity index (χ1n) is 9.17. The normalized spacial score (nSPS) is 11.7. The average Bonchev–Trinajstić information content (AvgIpc) is 3.20. The Kier molecular flexibility index (Phi) is 6.60. The highest BCUT2D eigenvalue weighted by Gasteiger charge is 2.20. The molecule has 2 aromatic carbocycles. The van der Waals surface area contributed by atoms with E-state index < -0.39 is 6.10 Å². The standard InChI is InChI=1S/C21H23N3O3S/c1-4-14-6-10-17(11-7-14)27-18(5-2)19(25)22-21-24-23-20(28-21)15-8-12-16(26-3)13-9-15/h6-13,18H,4-5H2,1-3H3,(H,22,24,25). The van der Waals surface area contributed by atoms with E-state index in [2.05, 4.69) is 22.4 Å². The van der Waals surface area contributed by atoms with Gasteiger partial charge in [-0.25, -0.2) is 0 Å². The second-order valence-corrected chi connectivity index (χ2v) is 7.12. The summed E-state index contributed by atoms with van der Waals surface area (Å²) in [6.45, 7) is 4.01. The topological polar surface area (TPSA) is 73.3 Å². The number of amides is 1. The van der Waals surface area contributed by atoms with Crippen LogP contribution in [0.3, 0.4) is 0 Å². The lowest BCUT2D eigenvalue weighted by Gasteiger charge is -2.16. The second-order valence-electron chi connectivity index (χ2n) is 6.14. The van der Waals surface area contributed by atoms with E-state index >= 15 is 0 Å². The van der Waals surface area contributed by atoms with Crippen LogP contribution in [0.4, 0.5) is 5.13 Å². The molecule has 0 aliphatic carbocycles. The van der Waals surface area contributed by atoms with Crippen molar-refractivity contribution < 1.29 is 14.3 Å². The highest BCUT2D eigenvalue weighted by Crippen LogP contribution is 2.28. The molecule has 1 amide bonds. The third-order valence-corrected chi connectivity index (χ3v) is 5.15. The van der Waals surface area contributed by atoms with Crippen molar-refractivity contribution in [2.75, 3.05) is 12.4 Å². The van der Waals surface area contributed by atoms with Gasteiger partial charge in [-0.2, -0.15) is 0 Å². The summed E-state index contributed by atoms with van der Waals surface area (Å²) >= 11 is 1.32. The number of anilines is 1. The van der Waals surface area contributed by atoms with Crippen LogP contribution in [0.5, 0.6) is 11.5 Å². The zero-order valence-corrected chi connectivity index (χ0v) is 17.0. The van der Waals surface area contributed by atoms with E-state index in [-0.39, 0.29) is 5.91 Å². The number of nitrogens with zero attached hydrogens (tertiary/aromatic N) is 2. The van der Waals surface area contributed by atoms with Gasteiger partial charge in [-0.1, -0.05) is 37.3 Å². The summed E-state index contributed by atoms with van der Waals surface area (Å²) in [5, 5.41) is 12.2. The van der Waals surface area contributed by atoms with Crippen LogP contribution in [0.25, 0.3) is 10.6 Å². The molecular formula is C21H23N3O3S. The van der Waals surface area contributed by atoms with E-state index in [1.807, 2.05) is 55.5 Å². The molecule has 0 aliphatic rings. The Morgan fingerprint density at radius 1 is 1.04 bits per heavy atom. The molecule has 0 bridgehead atoms. The Morgan fingerprint density at radius 2 is 1.71 bits per heavy atom. The molecular weight excluding hydrogens is 374 g/mol. The largest absolute Gasteiger partial charge is 0.497 e. The fraction of sp³-hybridized carbons (Fsp3) is 0.286. The molecule has 146 valence electrons. The molecule has 0 radical (unpaired) electrons. The van der Waals surface area contributed by atoms with Crippen molar-refractivity contribution in [2.24, 2.45) is 0 Å². The van der Waals surface area contributed by atoms with E-state index in [0.717, 1.165) is 22.7 Å². The van der Waals surface area contributed by atoms with Gasteiger partial charge in [-0.15, -0.1) is 10.2 Å². The van der Waals surface area contributed by atoms with Gasteiger partial charge >= 0.3 is 0 Å². The SMILES string of the molecule is CCc1ccc(OC(CC)C(=O)Nc2nnc(-c3ccc(OC)cc3)s2)cc1. The van der Waals surface area contributed by atoms with Gasteiger partial charge in [0, 0.05) is 5.56 Å². The van der Waals surface area contributed by atoms with Gasteiger partial charge in [0.05, 0.1) is 7.11 Å². The summed E-state index contributed by atoms with van der Waals surface area (Å²) in [5.74, 6) is 1.21. The Morgan fingerprint density at radius 3 is 2.32 bits per heavy atom. The monoisotopic (exact) mass is 397 g/mol. The minimum absolute atomic E-state index is 0.237. The fourth-order valence-corrected chi connectivity index (χ4v) is 3.35. The molecule has 0 aliphatic heterocycles. The first-order valence-corrected chi connectivity index (χ1v) is 9.99. The van der Waals surface area contributed by atoms with Crippen molar-refractivity contribution >= 4 is 22.4 Å². The summed E-state index contributed by atoms with van der Waals surface area (Å²) < 4.78 is 11.0. The second kappa shape index (κ2) is 9.32. The first kappa shape index (κ1) is 19.8. The third kappa shape index (κ3) is 4.86. The number of carbonyl (C=O) groups is 1. The number of hydrogen-bond donors (Lipinski definition) is 1. The number of benzene rings is 2. The fourth-order valence-electron chi connectivity index (χ4n) is 2.60. The minimum atomic E-state index is -0.596. The van der Waals surface area contributed by atoms with Crippen LogP contribution >= 0.6 is 11.3 Å². The van der Waals surface area contributed by atoms with Crippen molar-refractivity contribution in [1.82, 2.24) is 10.2 Å². The molecule has 0 fully saturated rings. The number of methoxy groups -OCH3 is 1. The predicted octanol–water partition coefficient (Wildman–Crippen LogP) is 4.57. The molecule has 1 N–H and O–H groups in total. The molecule has 0 spiro atoms. The van der Waals surface area contributed by atoms with E-state index in [1.54, 1.807) is 7.11 Å². The Hall–Kier alpha value is -2.93. The average molecular weight is 398 g/mol. The van der Waals surface area contributed by atoms with Crippen molar-refractivity contribution in [3.8, 4) is 22.1 Å². The summed E-state index contributed by atoms with van der Waals surface area (Å²) in [6, 6.07) is 15.3.